The quantitative estimate of drug-likeness (QED) is 0.727. The third kappa shape index (κ3) is 5.77. The Balaban J connectivity index is 2.03. The molecule has 0 radical (unpaired) electrons. The first-order chi connectivity index (χ1) is 10.7. The van der Waals surface area contributed by atoms with Crippen molar-refractivity contribution in [2.24, 2.45) is 7.05 Å². The number of halogens is 1. The van der Waals surface area contributed by atoms with Crippen LogP contribution in [0.3, 0.4) is 0 Å². The maximum atomic E-state index is 12.1. The van der Waals surface area contributed by atoms with Gasteiger partial charge < -0.3 is 9.84 Å². The molecular formula is C13H18ClN5O3S. The minimum absolute atomic E-state index is 0.0814. The Morgan fingerprint density at radius 2 is 2.22 bits per heavy atom. The van der Waals surface area contributed by atoms with Crippen molar-refractivity contribution in [3.63, 3.8) is 0 Å². The molecule has 0 fully saturated rings. The van der Waals surface area contributed by atoms with Gasteiger partial charge in [-0.25, -0.2) is 9.19 Å². The normalized spacial score (nSPS) is 12.9. The highest BCUT2D eigenvalue weighted by atomic mass is 35.5. The molecule has 0 bridgehead atoms. The van der Waals surface area contributed by atoms with Crippen LogP contribution in [0.15, 0.2) is 23.4 Å². The number of aryl methyl sites for hydroxylation is 1. The lowest BCUT2D eigenvalue weighted by Gasteiger charge is -2.16. The molecular weight excluding hydrogens is 342 g/mol. The van der Waals surface area contributed by atoms with Crippen LogP contribution in [-0.2, 0) is 18.0 Å². The Morgan fingerprint density at radius 1 is 1.48 bits per heavy atom. The summed E-state index contributed by atoms with van der Waals surface area (Å²) in [4.78, 5) is 8.54. The van der Waals surface area contributed by atoms with Crippen LogP contribution in [-0.4, -0.2) is 41.3 Å². The van der Waals surface area contributed by atoms with Crippen LogP contribution in [0, 0.1) is 0 Å². The van der Waals surface area contributed by atoms with Crippen molar-refractivity contribution in [2.75, 3.05) is 11.3 Å². The second-order valence-corrected chi connectivity index (χ2v) is 7.08. The van der Waals surface area contributed by atoms with E-state index in [0.717, 1.165) is 0 Å². The summed E-state index contributed by atoms with van der Waals surface area (Å²) in [6.45, 7) is 3.64. The summed E-state index contributed by atoms with van der Waals surface area (Å²) in [5.74, 6) is 0.317. The zero-order chi connectivity index (χ0) is 17.0. The molecule has 2 N–H and O–H groups in total. The van der Waals surface area contributed by atoms with Crippen LogP contribution < -0.4 is 9.46 Å². The van der Waals surface area contributed by atoms with Gasteiger partial charge in [-0.15, -0.1) is 0 Å². The van der Waals surface area contributed by atoms with E-state index >= 15 is 0 Å². The summed E-state index contributed by atoms with van der Waals surface area (Å²) in [7, 11) is 0.165. The fourth-order valence-corrected chi connectivity index (χ4v) is 2.50. The van der Waals surface area contributed by atoms with Crippen molar-refractivity contribution in [3.05, 3.63) is 23.6 Å². The molecule has 0 aliphatic rings. The van der Waals surface area contributed by atoms with Crippen LogP contribution in [0.5, 0.6) is 5.88 Å². The molecule has 23 heavy (non-hydrogen) atoms. The molecule has 10 heteroatoms. The molecule has 0 aliphatic carbocycles. The van der Waals surface area contributed by atoms with Crippen LogP contribution >= 0.6 is 11.6 Å². The molecule has 2 aromatic heterocycles. The van der Waals surface area contributed by atoms with Gasteiger partial charge in [-0.3, -0.25) is 9.40 Å². The Labute approximate surface area is 141 Å². The molecule has 0 saturated heterocycles. The van der Waals surface area contributed by atoms with Crippen LogP contribution in [0.4, 0.5) is 5.95 Å². The summed E-state index contributed by atoms with van der Waals surface area (Å²) in [6, 6.07) is 1.45. The second-order valence-electron chi connectivity index (χ2n) is 5.48. The first-order valence-corrected chi connectivity index (χ1v) is 8.32. The lowest BCUT2D eigenvalue weighted by atomic mass is 10.1. The van der Waals surface area contributed by atoms with Gasteiger partial charge in [-0.1, -0.05) is 11.6 Å². The van der Waals surface area contributed by atoms with Gasteiger partial charge in [0.25, 0.3) is 0 Å². The van der Waals surface area contributed by atoms with Gasteiger partial charge in [0.2, 0.25) is 11.8 Å². The SMILES string of the molecule is Cn1cc(S(=O)Nc2nc(Cl)cc(OCCC(C)(C)O)n2)cn1. The molecule has 2 aromatic rings. The fourth-order valence-electron chi connectivity index (χ4n) is 1.56. The van der Waals surface area contributed by atoms with Gasteiger partial charge in [0, 0.05) is 25.7 Å². The van der Waals surface area contributed by atoms with Gasteiger partial charge in [0.15, 0.2) is 11.0 Å². The Kier molecular flexibility index (Phi) is 5.55. The van der Waals surface area contributed by atoms with Gasteiger partial charge in [-0.05, 0) is 13.8 Å². The lowest BCUT2D eigenvalue weighted by Crippen LogP contribution is -2.22. The van der Waals surface area contributed by atoms with E-state index in [1.165, 1.54) is 12.3 Å². The number of nitrogens with zero attached hydrogens (tertiary/aromatic N) is 4. The summed E-state index contributed by atoms with van der Waals surface area (Å²) in [5, 5.41) is 13.8. The molecule has 0 spiro atoms. The predicted octanol–water partition coefficient (Wildman–Crippen LogP) is 1.54. The second kappa shape index (κ2) is 7.24. The van der Waals surface area contributed by atoms with Gasteiger partial charge >= 0.3 is 0 Å². The lowest BCUT2D eigenvalue weighted by molar-refractivity contribution is 0.0547. The molecule has 2 heterocycles. The number of ether oxygens (including phenoxy) is 1. The summed E-state index contributed by atoms with van der Waals surface area (Å²) in [6.07, 6.45) is 3.53. The van der Waals surface area contributed by atoms with Gasteiger partial charge in [-0.2, -0.15) is 10.1 Å². The number of anilines is 1. The standard InChI is InChI=1S/C13H18ClN5O3S/c1-13(2,20)4-5-22-11-6-10(14)16-12(17-11)18-23(21)9-7-15-19(3)8-9/h6-8,20H,4-5H2,1-3H3,(H,16,17,18). The molecule has 126 valence electrons. The number of aliphatic hydroxyl groups is 1. The van der Waals surface area contributed by atoms with E-state index in [1.807, 2.05) is 0 Å². The van der Waals surface area contributed by atoms with Crippen LogP contribution in [0.25, 0.3) is 0 Å². The molecule has 1 atom stereocenters. The zero-order valence-electron chi connectivity index (χ0n) is 13.0. The van der Waals surface area contributed by atoms with E-state index in [1.54, 1.807) is 31.8 Å². The third-order valence-corrected chi connectivity index (χ3v) is 3.92. The van der Waals surface area contributed by atoms with E-state index < -0.39 is 16.6 Å². The number of aromatic nitrogens is 4. The summed E-state index contributed by atoms with van der Waals surface area (Å²) < 4.78 is 21.8. The van der Waals surface area contributed by atoms with Crippen molar-refractivity contribution in [2.45, 2.75) is 30.8 Å². The minimum Gasteiger partial charge on any atom is -0.477 e. The molecule has 2 rings (SSSR count). The van der Waals surface area contributed by atoms with Gasteiger partial charge in [0.1, 0.15) is 5.15 Å². The zero-order valence-corrected chi connectivity index (χ0v) is 14.6. The van der Waals surface area contributed by atoms with Crippen molar-refractivity contribution < 1.29 is 14.1 Å². The summed E-state index contributed by atoms with van der Waals surface area (Å²) >= 11 is 5.92. The highest BCUT2D eigenvalue weighted by molar-refractivity contribution is 7.86. The first kappa shape index (κ1) is 17.6. The number of hydrogen-bond acceptors (Lipinski definition) is 6. The minimum atomic E-state index is -1.56. The third-order valence-electron chi connectivity index (χ3n) is 2.71. The largest absolute Gasteiger partial charge is 0.477 e. The molecule has 0 aromatic carbocycles. The molecule has 0 aliphatic heterocycles. The van der Waals surface area contributed by atoms with Crippen LogP contribution in [0.2, 0.25) is 5.15 Å². The highest BCUT2D eigenvalue weighted by Crippen LogP contribution is 2.18. The monoisotopic (exact) mass is 359 g/mol. The smallest absolute Gasteiger partial charge is 0.239 e. The fraction of sp³-hybridized carbons (Fsp3) is 0.462. The van der Waals surface area contributed by atoms with Crippen LogP contribution in [0.1, 0.15) is 20.3 Å². The Bertz CT molecular complexity index is 701. The first-order valence-electron chi connectivity index (χ1n) is 6.80. The number of hydrogen-bond donors (Lipinski definition) is 2. The highest BCUT2D eigenvalue weighted by Gasteiger charge is 2.14. The van der Waals surface area contributed by atoms with E-state index in [0.29, 0.717) is 11.3 Å². The summed E-state index contributed by atoms with van der Waals surface area (Å²) in [5.41, 5.74) is -0.834. The van der Waals surface area contributed by atoms with E-state index in [4.69, 9.17) is 16.3 Å². The molecule has 8 nitrogen and oxygen atoms in total. The Hall–Kier alpha value is -1.71. The predicted molar refractivity (Wildman–Crippen MR) is 86.7 cm³/mol. The van der Waals surface area contributed by atoms with Crippen molar-refractivity contribution >= 4 is 28.5 Å². The number of rotatable bonds is 7. The van der Waals surface area contributed by atoms with E-state index in [9.17, 15) is 9.32 Å². The molecule has 1 unspecified atom stereocenters. The van der Waals surface area contributed by atoms with Crippen molar-refractivity contribution in [1.29, 1.82) is 0 Å². The van der Waals surface area contributed by atoms with E-state index in [2.05, 4.69) is 19.8 Å². The average molecular weight is 360 g/mol. The maximum absolute atomic E-state index is 12.1. The van der Waals surface area contributed by atoms with E-state index in [-0.39, 0.29) is 23.6 Å². The average Bonchev–Trinajstić information content (AvgIpc) is 2.83. The van der Waals surface area contributed by atoms with Crippen molar-refractivity contribution in [3.8, 4) is 5.88 Å². The van der Waals surface area contributed by atoms with Crippen molar-refractivity contribution in [1.82, 2.24) is 19.7 Å². The molecule has 0 saturated carbocycles. The topological polar surface area (TPSA) is 102 Å². The van der Waals surface area contributed by atoms with Gasteiger partial charge in [0.05, 0.1) is 23.3 Å². The Morgan fingerprint density at radius 3 is 2.83 bits per heavy atom. The molecule has 0 amide bonds. The number of nitrogens with one attached hydrogen (secondary N) is 1. The maximum Gasteiger partial charge on any atom is 0.239 e.